The fourth-order valence-electron chi connectivity index (χ4n) is 8.95. The number of rotatable bonds is 9. The third-order valence-electron chi connectivity index (χ3n) is 11.8. The van der Waals surface area contributed by atoms with E-state index >= 15 is 9.59 Å². The van der Waals surface area contributed by atoms with Gasteiger partial charge in [0.1, 0.15) is 10.0 Å². The summed E-state index contributed by atoms with van der Waals surface area (Å²) in [5.41, 5.74) is 8.68. The van der Waals surface area contributed by atoms with E-state index in [1.54, 1.807) is 45.3 Å². The molecule has 6 aromatic carbocycles. The Labute approximate surface area is 470 Å². The van der Waals surface area contributed by atoms with Crippen LogP contribution in [0.3, 0.4) is 0 Å². The van der Waals surface area contributed by atoms with Crippen molar-refractivity contribution in [2.75, 3.05) is 0 Å². The SMILES string of the molecule is ClC(Cl)Cl.ClC(Cl)Cl.O=C1S[C@](c2ccccc2)([C@]2(c3ccccc3)C=C(c3c(-c4csc(-c5ccccc5)n4)sc4ccccc34)C(=O)S2)C=C1c1c(-c2csc(-c3ccccc3)n2)sc2ccccc12. The highest BCUT2D eigenvalue weighted by atomic mass is 35.6. The molecule has 0 unspecified atom stereocenters. The molecule has 2 aliphatic heterocycles. The minimum atomic E-state index is -1.05. The molecule has 10 aromatic rings. The van der Waals surface area contributed by atoms with Gasteiger partial charge in [0.2, 0.25) is 10.2 Å². The van der Waals surface area contributed by atoms with E-state index in [0.717, 1.165) is 84.7 Å². The van der Waals surface area contributed by atoms with Crippen LogP contribution in [-0.2, 0) is 19.1 Å². The van der Waals surface area contributed by atoms with Gasteiger partial charge in [-0.05, 0) is 35.4 Å². The minimum Gasteiger partial charge on any atom is -0.282 e. The molecule has 0 bridgehead atoms. The maximum absolute atomic E-state index is 15.3. The van der Waals surface area contributed by atoms with Crippen molar-refractivity contribution in [1.29, 1.82) is 0 Å². The molecule has 0 radical (unpaired) electrons. The van der Waals surface area contributed by atoms with E-state index in [-0.39, 0.29) is 10.2 Å². The Balaban J connectivity index is 0.000000697. The van der Waals surface area contributed by atoms with E-state index in [1.165, 1.54) is 23.5 Å². The molecule has 12 rings (SSSR count). The number of alkyl halides is 6. The lowest BCUT2D eigenvalue weighted by atomic mass is 9.76. The third-order valence-corrected chi connectivity index (χ3v) is 18.9. The molecule has 0 fully saturated rings. The smallest absolute Gasteiger partial charge is 0.221 e. The fourth-order valence-corrected chi connectivity index (χ4v) is 16.0. The fraction of sp³-hybridized carbons (Fsp3) is 0.0714. The van der Waals surface area contributed by atoms with Crippen molar-refractivity contribution in [3.8, 4) is 42.3 Å². The predicted molar refractivity (Wildman–Crippen MR) is 317 cm³/mol. The Hall–Kier alpha value is -4.24. The molecule has 0 saturated carbocycles. The molecule has 4 nitrogen and oxygen atoms in total. The molecule has 2 atom stereocenters. The first kappa shape index (κ1) is 51.3. The van der Waals surface area contributed by atoms with Gasteiger partial charge in [-0.3, -0.25) is 9.59 Å². The average Bonchev–Trinajstić information content (AvgIpc) is 4.27. The molecule has 6 heterocycles. The molecule has 358 valence electrons. The van der Waals surface area contributed by atoms with E-state index < -0.39 is 18.1 Å². The van der Waals surface area contributed by atoms with Crippen LogP contribution in [-0.4, -0.2) is 28.8 Å². The van der Waals surface area contributed by atoms with Gasteiger partial charge >= 0.3 is 0 Å². The largest absolute Gasteiger partial charge is 0.282 e. The van der Waals surface area contributed by atoms with Gasteiger partial charge < -0.3 is 0 Å². The van der Waals surface area contributed by atoms with Crippen LogP contribution < -0.4 is 0 Å². The summed E-state index contributed by atoms with van der Waals surface area (Å²) in [5, 5.41) is 7.98. The zero-order valence-corrected chi connectivity index (χ0v) is 46.5. The second kappa shape index (κ2) is 22.3. The molecule has 0 N–H and O–H groups in total. The van der Waals surface area contributed by atoms with E-state index in [4.69, 9.17) is 79.6 Å². The lowest BCUT2D eigenvalue weighted by molar-refractivity contribution is -0.107. The van der Waals surface area contributed by atoms with Gasteiger partial charge in [0.25, 0.3) is 0 Å². The Bertz CT molecular complexity index is 3390. The first-order valence-electron chi connectivity index (χ1n) is 21.9. The molecule has 72 heavy (non-hydrogen) atoms. The van der Waals surface area contributed by atoms with Gasteiger partial charge in [0, 0.05) is 64.3 Å². The van der Waals surface area contributed by atoms with E-state index in [1.807, 2.05) is 97.1 Å². The second-order valence-corrected chi connectivity index (χ2v) is 26.2. The summed E-state index contributed by atoms with van der Waals surface area (Å²) >= 11 is 38.0. The predicted octanol–water partition coefficient (Wildman–Crippen LogP) is 19.5. The number of fused-ring (bicyclic) bond motifs is 2. The highest BCUT2D eigenvalue weighted by molar-refractivity contribution is 8.19. The minimum absolute atomic E-state index is 0.0463. The quantitative estimate of drug-likeness (QED) is 0.134. The van der Waals surface area contributed by atoms with Crippen molar-refractivity contribution in [2.24, 2.45) is 0 Å². The van der Waals surface area contributed by atoms with Crippen LogP contribution in [0.5, 0.6) is 0 Å². The number of thioether (sulfide) groups is 2. The van der Waals surface area contributed by atoms with Gasteiger partial charge in [-0.25, -0.2) is 9.97 Å². The van der Waals surface area contributed by atoms with Crippen molar-refractivity contribution >= 4 is 180 Å². The maximum atomic E-state index is 15.3. The first-order chi connectivity index (χ1) is 35.0. The molecule has 4 aromatic heterocycles. The van der Waals surface area contributed by atoms with Crippen LogP contribution in [0.2, 0.25) is 0 Å². The van der Waals surface area contributed by atoms with Crippen LogP contribution in [0.4, 0.5) is 0 Å². The number of hydrogen-bond donors (Lipinski definition) is 0. The summed E-state index contributed by atoms with van der Waals surface area (Å²) in [6.07, 6.45) is 4.37. The zero-order valence-electron chi connectivity index (χ0n) is 37.1. The summed E-state index contributed by atoms with van der Waals surface area (Å²) < 4.78 is -1.43. The van der Waals surface area contributed by atoms with Crippen molar-refractivity contribution in [3.05, 3.63) is 215 Å². The maximum Gasteiger partial charge on any atom is 0.221 e. The molecule has 0 aliphatic carbocycles. The van der Waals surface area contributed by atoms with Crippen molar-refractivity contribution in [3.63, 3.8) is 0 Å². The summed E-state index contributed by atoms with van der Waals surface area (Å²) in [4.78, 5) is 42.9. The lowest BCUT2D eigenvalue weighted by Gasteiger charge is -2.42. The van der Waals surface area contributed by atoms with Gasteiger partial charge in [-0.15, -0.1) is 45.3 Å². The number of benzene rings is 6. The molecule has 2 aliphatic rings. The van der Waals surface area contributed by atoms with E-state index in [9.17, 15) is 0 Å². The molecule has 0 amide bonds. The number of nitrogens with zero attached hydrogens (tertiary/aromatic N) is 2. The Kier molecular flexibility index (Phi) is 15.9. The van der Waals surface area contributed by atoms with Crippen molar-refractivity contribution < 1.29 is 9.59 Å². The summed E-state index contributed by atoms with van der Waals surface area (Å²) in [7, 11) is 0. The number of carbonyl (C=O) groups excluding carboxylic acids is 2. The number of thiazole rings is 2. The summed E-state index contributed by atoms with van der Waals surface area (Å²) in [6, 6.07) is 57.6. The highest BCUT2D eigenvalue weighted by Gasteiger charge is 2.61. The Morgan fingerprint density at radius 2 is 0.736 bits per heavy atom. The van der Waals surface area contributed by atoms with Crippen LogP contribution in [0.25, 0.3) is 73.6 Å². The van der Waals surface area contributed by atoms with Crippen LogP contribution in [0, 0.1) is 0 Å². The van der Waals surface area contributed by atoms with Gasteiger partial charge in [-0.1, -0.05) is 251 Å². The normalized spacial score (nSPS) is 17.5. The Morgan fingerprint density at radius 3 is 1.10 bits per heavy atom. The van der Waals surface area contributed by atoms with Gasteiger partial charge in [0.15, 0.2) is 8.59 Å². The molecular formula is C56H34Cl6N2O2S6. The van der Waals surface area contributed by atoms with Gasteiger partial charge in [-0.2, -0.15) is 0 Å². The number of thiophene rings is 2. The van der Waals surface area contributed by atoms with Crippen LogP contribution in [0.1, 0.15) is 22.3 Å². The summed E-state index contributed by atoms with van der Waals surface area (Å²) in [5.74, 6) is 0. The van der Waals surface area contributed by atoms with Crippen LogP contribution >= 0.6 is 138 Å². The second-order valence-electron chi connectivity index (χ2n) is 16.0. The van der Waals surface area contributed by atoms with Crippen molar-refractivity contribution in [2.45, 2.75) is 18.1 Å². The zero-order chi connectivity index (χ0) is 50.0. The molecular weight excluding hydrogens is 1140 g/mol. The standard InChI is InChI=1S/C54H32N2O2S6.2CHCl3/c57-51-39(45-37-25-13-15-27-43(37)61-47(45)41-31-59-49(55-41)33-17-5-1-6-18-33)29-53(63-51,35-21-9-3-10-22-35)54(36-23-11-4-12-24-36)30-40(52(58)64-54)46-38-26-14-16-28-44(38)62-48(46)42-32-60-50(56-42)34-19-7-2-8-20-34;2*2-1(3)4/h1-32H;2*1H/t53-,54-;;/m1../s1. The summed E-state index contributed by atoms with van der Waals surface area (Å²) in [6.45, 7) is 0. The number of halogens is 6. The highest BCUT2D eigenvalue weighted by Crippen LogP contribution is 2.68. The van der Waals surface area contributed by atoms with E-state index in [0.29, 0.717) is 11.1 Å². The molecule has 16 heteroatoms. The topological polar surface area (TPSA) is 59.9 Å². The molecule has 0 spiro atoms. The van der Waals surface area contributed by atoms with Gasteiger partial charge in [0.05, 0.1) is 30.6 Å². The van der Waals surface area contributed by atoms with E-state index in [2.05, 4.69) is 95.7 Å². The molecule has 0 saturated heterocycles. The van der Waals surface area contributed by atoms with Crippen LogP contribution in [0.15, 0.2) is 193 Å². The monoisotopic (exact) mass is 1170 g/mol. The number of aromatic nitrogens is 2. The lowest BCUT2D eigenvalue weighted by Crippen LogP contribution is -2.40. The van der Waals surface area contributed by atoms with Crippen molar-refractivity contribution in [1.82, 2.24) is 9.97 Å². The third kappa shape index (κ3) is 10.2. The number of hydrogen-bond acceptors (Lipinski definition) is 10. The first-order valence-corrected chi connectivity index (χ1v) is 29.5. The number of carbonyl (C=O) groups is 2. The average molecular weight is 1170 g/mol. The Morgan fingerprint density at radius 1 is 0.417 bits per heavy atom.